The summed E-state index contributed by atoms with van der Waals surface area (Å²) in [6, 6.07) is 11.7. The Morgan fingerprint density at radius 3 is 2.78 bits per heavy atom. The largest absolute Gasteiger partial charge is 0.377 e. The summed E-state index contributed by atoms with van der Waals surface area (Å²) < 4.78 is 15.5. The van der Waals surface area contributed by atoms with Crippen LogP contribution < -0.4 is 0 Å². The number of benzene rings is 2. The van der Waals surface area contributed by atoms with Crippen LogP contribution in [-0.4, -0.2) is 31.4 Å². The molecular formula is C23H21Cl2N5O2. The highest BCUT2D eigenvalue weighted by atomic mass is 35.5. The van der Waals surface area contributed by atoms with Crippen molar-refractivity contribution < 1.29 is 9.47 Å². The zero-order valence-electron chi connectivity index (χ0n) is 17.7. The van der Waals surface area contributed by atoms with Crippen LogP contribution in [0, 0.1) is 6.92 Å². The molecule has 0 spiro atoms. The number of aryl methyl sites for hydroxylation is 1. The number of ether oxygens (including phenoxy) is 2. The first-order chi connectivity index (χ1) is 15.6. The molecule has 2 aromatic heterocycles. The quantitative estimate of drug-likeness (QED) is 0.351. The van der Waals surface area contributed by atoms with Crippen LogP contribution in [0.5, 0.6) is 0 Å². The molecule has 0 unspecified atom stereocenters. The summed E-state index contributed by atoms with van der Waals surface area (Å²) in [6.45, 7) is 3.64. The minimum absolute atomic E-state index is 0.354. The number of hydrogen-bond donors (Lipinski definition) is 0. The maximum absolute atomic E-state index is 6.41. The molecule has 3 heterocycles. The van der Waals surface area contributed by atoms with Crippen molar-refractivity contribution in [3.05, 3.63) is 81.1 Å². The van der Waals surface area contributed by atoms with Gasteiger partial charge in [-0.25, -0.2) is 4.98 Å². The Hall–Kier alpha value is -2.71. The summed E-state index contributed by atoms with van der Waals surface area (Å²) in [4.78, 5) is 4.65. The van der Waals surface area contributed by atoms with Gasteiger partial charge in [0, 0.05) is 22.7 Å². The molecule has 4 aromatic rings. The average Bonchev–Trinajstić information content (AvgIpc) is 3.33. The van der Waals surface area contributed by atoms with Gasteiger partial charge in [-0.1, -0.05) is 41.4 Å². The van der Waals surface area contributed by atoms with Crippen molar-refractivity contribution in [3.8, 4) is 17.1 Å². The van der Waals surface area contributed by atoms with E-state index < -0.39 is 0 Å². The Bertz CT molecular complexity index is 1300. The van der Waals surface area contributed by atoms with Gasteiger partial charge in [-0.3, -0.25) is 0 Å². The van der Waals surface area contributed by atoms with Crippen LogP contribution in [0.2, 0.25) is 10.0 Å². The van der Waals surface area contributed by atoms with Gasteiger partial charge in [0.2, 0.25) is 0 Å². The third-order valence-electron chi connectivity index (χ3n) is 5.59. The van der Waals surface area contributed by atoms with Crippen molar-refractivity contribution in [1.82, 2.24) is 24.3 Å². The van der Waals surface area contributed by atoms with Crippen LogP contribution in [-0.2, 0) is 35.8 Å². The van der Waals surface area contributed by atoms with E-state index in [-0.39, 0.29) is 0 Å². The number of imidazole rings is 1. The highest BCUT2D eigenvalue weighted by Gasteiger charge is 2.26. The lowest BCUT2D eigenvalue weighted by Crippen LogP contribution is -2.10. The molecule has 0 N–H and O–H groups in total. The lowest BCUT2D eigenvalue weighted by molar-refractivity contribution is 0.104. The van der Waals surface area contributed by atoms with Gasteiger partial charge in [-0.2, -0.15) is 0 Å². The van der Waals surface area contributed by atoms with Crippen LogP contribution in [0.25, 0.3) is 17.1 Å². The van der Waals surface area contributed by atoms with E-state index in [1.807, 2.05) is 54.2 Å². The lowest BCUT2D eigenvalue weighted by atomic mass is 10.1. The molecule has 0 aliphatic carbocycles. The smallest absolute Gasteiger partial charge is 0.166 e. The molecule has 0 radical (unpaired) electrons. The Morgan fingerprint density at radius 2 is 1.94 bits per heavy atom. The summed E-state index contributed by atoms with van der Waals surface area (Å²) in [6.07, 6.45) is 1.82. The van der Waals surface area contributed by atoms with Gasteiger partial charge in [-0.05, 0) is 36.2 Å². The predicted octanol–water partition coefficient (Wildman–Crippen LogP) is 4.97. The number of hydrogen-bond acceptors (Lipinski definition) is 5. The minimum atomic E-state index is 0.354. The second kappa shape index (κ2) is 8.67. The fraction of sp³-hybridized carbons (Fsp3) is 0.261. The van der Waals surface area contributed by atoms with Gasteiger partial charge >= 0.3 is 0 Å². The maximum atomic E-state index is 6.41. The first-order valence-electron chi connectivity index (χ1n) is 10.1. The first-order valence-corrected chi connectivity index (χ1v) is 10.9. The summed E-state index contributed by atoms with van der Waals surface area (Å²) >= 11 is 12.7. The van der Waals surface area contributed by atoms with E-state index >= 15 is 0 Å². The lowest BCUT2D eigenvalue weighted by Gasteiger charge is -2.11. The third kappa shape index (κ3) is 3.71. The van der Waals surface area contributed by atoms with Crippen molar-refractivity contribution in [2.75, 3.05) is 7.11 Å². The number of rotatable bonds is 6. The zero-order valence-corrected chi connectivity index (χ0v) is 19.2. The summed E-state index contributed by atoms with van der Waals surface area (Å²) in [5.74, 6) is 1.48. The first kappa shape index (κ1) is 21.2. The molecule has 0 fully saturated rings. The van der Waals surface area contributed by atoms with Gasteiger partial charge in [0.1, 0.15) is 6.61 Å². The molecule has 7 nitrogen and oxygen atoms in total. The Morgan fingerprint density at radius 1 is 1.06 bits per heavy atom. The van der Waals surface area contributed by atoms with E-state index in [2.05, 4.69) is 19.7 Å². The third-order valence-corrected chi connectivity index (χ3v) is 6.36. The molecule has 32 heavy (non-hydrogen) atoms. The van der Waals surface area contributed by atoms with Crippen molar-refractivity contribution in [2.24, 2.45) is 0 Å². The standard InChI is InChI=1S/C23H21Cl2N5O2/c1-14-4-3-5-15(22(14)25)10-32-11-18-20-9-29-21(12-31-2)27-28-23(29)17-8-16(24)6-7-19(17)30(20)13-26-18/h3-8,13H,9-12H2,1-2H3. The van der Waals surface area contributed by atoms with E-state index in [0.29, 0.717) is 31.4 Å². The molecule has 0 atom stereocenters. The summed E-state index contributed by atoms with van der Waals surface area (Å²) in [7, 11) is 1.64. The van der Waals surface area contributed by atoms with Crippen molar-refractivity contribution >= 4 is 23.2 Å². The molecule has 1 aliphatic heterocycles. The highest BCUT2D eigenvalue weighted by Crippen LogP contribution is 2.34. The SMILES string of the molecule is COCc1nnc2n1Cc1c(COCc3cccc(C)c3Cl)ncn1-c1ccc(Cl)cc1-2. The molecule has 0 saturated heterocycles. The van der Waals surface area contributed by atoms with Gasteiger partial charge in [0.15, 0.2) is 11.6 Å². The van der Waals surface area contributed by atoms with Gasteiger partial charge in [-0.15, -0.1) is 10.2 Å². The molecule has 0 saturated carbocycles. The minimum Gasteiger partial charge on any atom is -0.377 e. The van der Waals surface area contributed by atoms with E-state index in [9.17, 15) is 0 Å². The normalized spacial score (nSPS) is 12.2. The monoisotopic (exact) mass is 469 g/mol. The number of halogens is 2. The average molecular weight is 470 g/mol. The second-order valence-electron chi connectivity index (χ2n) is 7.67. The zero-order chi connectivity index (χ0) is 22.2. The summed E-state index contributed by atoms with van der Waals surface area (Å²) in [5.41, 5.74) is 5.67. The Kier molecular flexibility index (Phi) is 5.73. The van der Waals surface area contributed by atoms with Crippen molar-refractivity contribution in [2.45, 2.75) is 33.3 Å². The fourth-order valence-corrected chi connectivity index (χ4v) is 4.32. The van der Waals surface area contributed by atoms with Crippen molar-refractivity contribution in [3.63, 3.8) is 0 Å². The van der Waals surface area contributed by atoms with Crippen LogP contribution in [0.15, 0.2) is 42.7 Å². The topological polar surface area (TPSA) is 67.0 Å². The second-order valence-corrected chi connectivity index (χ2v) is 8.48. The van der Waals surface area contributed by atoms with Gasteiger partial charge in [0.25, 0.3) is 0 Å². The van der Waals surface area contributed by atoms with Crippen LogP contribution in [0.1, 0.15) is 28.3 Å². The predicted molar refractivity (Wildman–Crippen MR) is 122 cm³/mol. The molecule has 5 rings (SSSR count). The molecular weight excluding hydrogens is 449 g/mol. The van der Waals surface area contributed by atoms with E-state index in [0.717, 1.165) is 50.4 Å². The molecule has 164 valence electrons. The number of fused-ring (bicyclic) bond motifs is 5. The van der Waals surface area contributed by atoms with Gasteiger partial charge < -0.3 is 18.6 Å². The molecule has 0 amide bonds. The van der Waals surface area contributed by atoms with Crippen LogP contribution >= 0.6 is 23.2 Å². The van der Waals surface area contributed by atoms with E-state index in [1.165, 1.54) is 0 Å². The summed E-state index contributed by atoms with van der Waals surface area (Å²) in [5, 5.41) is 10.1. The number of aromatic nitrogens is 5. The Labute approximate surface area is 195 Å². The van der Waals surface area contributed by atoms with Gasteiger partial charge in [0.05, 0.1) is 43.2 Å². The van der Waals surface area contributed by atoms with Crippen LogP contribution in [0.4, 0.5) is 0 Å². The maximum Gasteiger partial charge on any atom is 0.166 e. The number of methoxy groups -OCH3 is 1. The van der Waals surface area contributed by atoms with Crippen LogP contribution in [0.3, 0.4) is 0 Å². The van der Waals surface area contributed by atoms with Crippen molar-refractivity contribution in [1.29, 1.82) is 0 Å². The molecule has 9 heteroatoms. The Balaban J connectivity index is 1.50. The molecule has 0 bridgehead atoms. The number of nitrogens with zero attached hydrogens (tertiary/aromatic N) is 5. The molecule has 2 aromatic carbocycles. The van der Waals surface area contributed by atoms with E-state index in [4.69, 9.17) is 32.7 Å². The van der Waals surface area contributed by atoms with E-state index in [1.54, 1.807) is 7.11 Å². The fourth-order valence-electron chi connectivity index (χ4n) is 3.97. The molecule has 1 aliphatic rings. The highest BCUT2D eigenvalue weighted by molar-refractivity contribution is 6.32.